The van der Waals surface area contributed by atoms with Gasteiger partial charge in [0.05, 0.1) is 19.3 Å². The number of ether oxygens (including phenoxy) is 1. The van der Waals surface area contributed by atoms with Crippen molar-refractivity contribution in [2.45, 2.75) is 6.92 Å². The van der Waals surface area contributed by atoms with Gasteiger partial charge in [0.25, 0.3) is 0 Å². The fourth-order valence-corrected chi connectivity index (χ4v) is 2.11. The number of carbonyl (C=O) groups is 2. The lowest BCUT2D eigenvalue weighted by molar-refractivity contribution is -0.115. The first kappa shape index (κ1) is 12.7. The molecule has 6 heteroatoms. The standard InChI is InChI=1S/C10H14N2O3S/c1-6-5-16-9(10(14)15-3)8(6)12-7(13)4-11-2/h5,11H,4H2,1-3H3,(H,12,13). The number of hydrogen-bond acceptors (Lipinski definition) is 5. The van der Waals surface area contributed by atoms with E-state index < -0.39 is 5.97 Å². The molecule has 0 bridgehead atoms. The number of thiophene rings is 1. The lowest BCUT2D eigenvalue weighted by Gasteiger charge is -2.06. The highest BCUT2D eigenvalue weighted by Crippen LogP contribution is 2.28. The smallest absolute Gasteiger partial charge is 0.350 e. The summed E-state index contributed by atoms with van der Waals surface area (Å²) in [5.41, 5.74) is 1.40. The van der Waals surface area contributed by atoms with E-state index in [1.807, 2.05) is 6.92 Å². The lowest BCUT2D eigenvalue weighted by atomic mass is 10.2. The fourth-order valence-electron chi connectivity index (χ4n) is 1.19. The molecule has 1 heterocycles. The number of esters is 1. The highest BCUT2D eigenvalue weighted by Gasteiger charge is 2.18. The van der Waals surface area contributed by atoms with Crippen molar-refractivity contribution >= 4 is 28.9 Å². The summed E-state index contributed by atoms with van der Waals surface area (Å²) in [5.74, 6) is -0.619. The SMILES string of the molecule is CNCC(=O)Nc1c(C)csc1C(=O)OC. The number of hydrogen-bond donors (Lipinski definition) is 2. The van der Waals surface area contributed by atoms with Gasteiger partial charge in [-0.3, -0.25) is 4.79 Å². The van der Waals surface area contributed by atoms with Crippen molar-refractivity contribution in [3.8, 4) is 0 Å². The summed E-state index contributed by atoms with van der Waals surface area (Å²) >= 11 is 1.26. The van der Waals surface area contributed by atoms with Gasteiger partial charge in [-0.05, 0) is 24.9 Å². The van der Waals surface area contributed by atoms with Crippen molar-refractivity contribution in [3.05, 3.63) is 15.8 Å². The van der Waals surface area contributed by atoms with Gasteiger partial charge in [0, 0.05) is 0 Å². The van der Waals surface area contributed by atoms with Crippen LogP contribution in [-0.4, -0.2) is 32.6 Å². The second-order valence-corrected chi connectivity index (χ2v) is 4.07. The minimum absolute atomic E-state index is 0.186. The molecule has 0 aliphatic heterocycles. The normalized spacial score (nSPS) is 9.94. The van der Waals surface area contributed by atoms with E-state index >= 15 is 0 Å². The third kappa shape index (κ3) is 2.80. The molecule has 0 aromatic carbocycles. The minimum atomic E-state index is -0.433. The van der Waals surface area contributed by atoms with Crippen molar-refractivity contribution in [1.29, 1.82) is 0 Å². The van der Waals surface area contributed by atoms with Crippen molar-refractivity contribution in [1.82, 2.24) is 5.32 Å². The molecule has 0 unspecified atom stereocenters. The fraction of sp³-hybridized carbons (Fsp3) is 0.400. The summed E-state index contributed by atoms with van der Waals surface area (Å²) in [5, 5.41) is 7.23. The number of carbonyl (C=O) groups excluding carboxylic acids is 2. The highest BCUT2D eigenvalue weighted by molar-refractivity contribution is 7.12. The first-order valence-corrected chi connectivity index (χ1v) is 5.59. The third-order valence-electron chi connectivity index (χ3n) is 1.95. The van der Waals surface area contributed by atoms with E-state index in [1.54, 1.807) is 12.4 Å². The van der Waals surface area contributed by atoms with Gasteiger partial charge in [0.15, 0.2) is 0 Å². The van der Waals surface area contributed by atoms with Crippen LogP contribution in [0.4, 0.5) is 5.69 Å². The molecule has 1 aromatic rings. The third-order valence-corrected chi connectivity index (χ3v) is 3.03. The molecule has 0 saturated carbocycles. The molecule has 16 heavy (non-hydrogen) atoms. The van der Waals surface area contributed by atoms with Crippen LogP contribution in [0.3, 0.4) is 0 Å². The summed E-state index contributed by atoms with van der Waals surface area (Å²) in [6, 6.07) is 0. The molecule has 1 amide bonds. The molecule has 0 aliphatic rings. The van der Waals surface area contributed by atoms with Gasteiger partial charge in [0.2, 0.25) is 5.91 Å². The molecule has 0 saturated heterocycles. The van der Waals surface area contributed by atoms with E-state index in [-0.39, 0.29) is 12.5 Å². The zero-order chi connectivity index (χ0) is 12.1. The van der Waals surface area contributed by atoms with Gasteiger partial charge in [0.1, 0.15) is 4.88 Å². The topological polar surface area (TPSA) is 67.4 Å². The molecule has 88 valence electrons. The maximum absolute atomic E-state index is 11.4. The Morgan fingerprint density at radius 3 is 2.75 bits per heavy atom. The number of rotatable bonds is 4. The van der Waals surface area contributed by atoms with Gasteiger partial charge in [-0.25, -0.2) is 4.79 Å². The van der Waals surface area contributed by atoms with Gasteiger partial charge < -0.3 is 15.4 Å². The Hall–Kier alpha value is -1.40. The number of nitrogens with one attached hydrogen (secondary N) is 2. The molecule has 0 radical (unpaired) electrons. The number of anilines is 1. The number of aryl methyl sites for hydroxylation is 1. The Morgan fingerprint density at radius 1 is 1.50 bits per heavy atom. The molecular formula is C10H14N2O3S. The lowest BCUT2D eigenvalue weighted by Crippen LogP contribution is -2.25. The Bertz CT molecular complexity index is 401. The Labute approximate surface area is 97.8 Å². The van der Waals surface area contributed by atoms with Crippen molar-refractivity contribution in [2.75, 3.05) is 26.0 Å². The average Bonchev–Trinajstić information content (AvgIpc) is 2.60. The van der Waals surface area contributed by atoms with E-state index in [2.05, 4.69) is 15.4 Å². The van der Waals surface area contributed by atoms with Crippen LogP contribution in [0, 0.1) is 6.92 Å². The predicted octanol–water partition coefficient (Wildman–Crippen LogP) is 1.00. The van der Waals surface area contributed by atoms with E-state index in [0.29, 0.717) is 10.6 Å². The molecule has 0 spiro atoms. The molecule has 1 rings (SSSR count). The quantitative estimate of drug-likeness (QED) is 0.773. The van der Waals surface area contributed by atoms with Crippen LogP contribution < -0.4 is 10.6 Å². The van der Waals surface area contributed by atoms with Gasteiger partial charge >= 0.3 is 5.97 Å². The van der Waals surface area contributed by atoms with Crippen LogP contribution in [0.15, 0.2) is 5.38 Å². The second kappa shape index (κ2) is 5.62. The first-order chi connectivity index (χ1) is 7.60. The maximum Gasteiger partial charge on any atom is 0.350 e. The average molecular weight is 242 g/mol. The van der Waals surface area contributed by atoms with Crippen LogP contribution in [0.5, 0.6) is 0 Å². The van der Waals surface area contributed by atoms with Crippen LogP contribution in [0.1, 0.15) is 15.2 Å². The maximum atomic E-state index is 11.4. The first-order valence-electron chi connectivity index (χ1n) is 4.71. The molecule has 0 atom stereocenters. The van der Waals surface area contributed by atoms with E-state index in [9.17, 15) is 9.59 Å². The zero-order valence-corrected chi connectivity index (χ0v) is 10.2. The summed E-state index contributed by atoms with van der Waals surface area (Å²) in [7, 11) is 3.00. The largest absolute Gasteiger partial charge is 0.465 e. The minimum Gasteiger partial charge on any atom is -0.465 e. The van der Waals surface area contributed by atoms with Crippen LogP contribution in [0.25, 0.3) is 0 Å². The van der Waals surface area contributed by atoms with Crippen molar-refractivity contribution in [3.63, 3.8) is 0 Å². The monoisotopic (exact) mass is 242 g/mol. The van der Waals surface area contributed by atoms with Gasteiger partial charge in [-0.2, -0.15) is 0 Å². The summed E-state index contributed by atoms with van der Waals surface area (Å²) in [6.45, 7) is 2.04. The highest BCUT2D eigenvalue weighted by atomic mass is 32.1. The van der Waals surface area contributed by atoms with Crippen LogP contribution in [-0.2, 0) is 9.53 Å². The van der Waals surface area contributed by atoms with Gasteiger partial charge in [-0.1, -0.05) is 0 Å². The zero-order valence-electron chi connectivity index (χ0n) is 9.42. The molecule has 0 fully saturated rings. The Balaban J connectivity index is 2.89. The molecule has 5 nitrogen and oxygen atoms in total. The van der Waals surface area contributed by atoms with E-state index in [1.165, 1.54) is 18.4 Å². The summed E-state index contributed by atoms with van der Waals surface area (Å²) in [6.07, 6.45) is 0. The van der Waals surface area contributed by atoms with Crippen LogP contribution in [0.2, 0.25) is 0 Å². The summed E-state index contributed by atoms with van der Waals surface area (Å²) in [4.78, 5) is 23.2. The van der Waals surface area contributed by atoms with Crippen molar-refractivity contribution in [2.24, 2.45) is 0 Å². The molecule has 1 aromatic heterocycles. The predicted molar refractivity (Wildman–Crippen MR) is 63.0 cm³/mol. The van der Waals surface area contributed by atoms with Crippen molar-refractivity contribution < 1.29 is 14.3 Å². The van der Waals surface area contributed by atoms with E-state index in [4.69, 9.17) is 0 Å². The molecular weight excluding hydrogens is 228 g/mol. The summed E-state index contributed by atoms with van der Waals surface area (Å²) < 4.78 is 4.64. The molecule has 2 N–H and O–H groups in total. The van der Waals surface area contributed by atoms with Gasteiger partial charge in [-0.15, -0.1) is 11.3 Å². The van der Waals surface area contributed by atoms with Crippen LogP contribution >= 0.6 is 11.3 Å². The number of amides is 1. The molecule has 0 aliphatic carbocycles. The Morgan fingerprint density at radius 2 is 2.19 bits per heavy atom. The number of methoxy groups -OCH3 is 1. The Kier molecular flexibility index (Phi) is 4.45. The van der Waals surface area contributed by atoms with E-state index in [0.717, 1.165) is 5.56 Å². The number of likely N-dealkylation sites (N-methyl/N-ethyl adjacent to an activating group) is 1. The second-order valence-electron chi connectivity index (χ2n) is 3.19.